The van der Waals surface area contributed by atoms with Crippen molar-refractivity contribution in [3.8, 4) is 0 Å². The van der Waals surface area contributed by atoms with Crippen LogP contribution >= 0.6 is 0 Å². The second kappa shape index (κ2) is 9.11. The van der Waals surface area contributed by atoms with Crippen molar-refractivity contribution in [3.05, 3.63) is 42.5 Å². The summed E-state index contributed by atoms with van der Waals surface area (Å²) in [5.41, 5.74) is 0.00741. The van der Waals surface area contributed by atoms with E-state index in [9.17, 15) is 8.42 Å². The summed E-state index contributed by atoms with van der Waals surface area (Å²) in [7, 11) is -3.20. The van der Waals surface area contributed by atoms with Gasteiger partial charge in [-0.05, 0) is 56.1 Å². The number of sulfone groups is 1. The number of rotatable bonds is 9. The lowest BCUT2D eigenvalue weighted by Crippen LogP contribution is -2.58. The van der Waals surface area contributed by atoms with Crippen LogP contribution in [0.5, 0.6) is 0 Å². The molecule has 166 valence electrons. The molecule has 6 heteroatoms. The molecule has 1 aliphatic carbocycles. The van der Waals surface area contributed by atoms with Gasteiger partial charge >= 0.3 is 0 Å². The van der Waals surface area contributed by atoms with E-state index in [0.717, 1.165) is 44.9 Å². The maximum absolute atomic E-state index is 12.7. The number of allylic oxidation sites excluding steroid dienone is 2. The van der Waals surface area contributed by atoms with Crippen molar-refractivity contribution in [2.75, 3.05) is 25.6 Å². The zero-order valence-electron chi connectivity index (χ0n) is 17.9. The molecule has 30 heavy (non-hydrogen) atoms. The maximum Gasteiger partial charge on any atom is 0.282 e. The van der Waals surface area contributed by atoms with E-state index in [1.165, 1.54) is 0 Å². The lowest BCUT2D eigenvalue weighted by molar-refractivity contribution is -0.467. The van der Waals surface area contributed by atoms with Crippen molar-refractivity contribution < 1.29 is 22.6 Å². The summed E-state index contributed by atoms with van der Waals surface area (Å²) in [6.45, 7) is 4.24. The molecule has 0 radical (unpaired) electrons. The molecular formula is C24H34O5S. The van der Waals surface area contributed by atoms with Crippen LogP contribution in [-0.4, -0.2) is 40.0 Å². The molecule has 0 N–H and O–H groups in total. The van der Waals surface area contributed by atoms with Gasteiger partial charge in [0.15, 0.2) is 9.84 Å². The van der Waals surface area contributed by atoms with Crippen LogP contribution in [0.3, 0.4) is 0 Å². The number of benzene rings is 1. The van der Waals surface area contributed by atoms with Gasteiger partial charge in [0.25, 0.3) is 5.97 Å². The Balaban J connectivity index is 1.20. The number of ether oxygens (including phenoxy) is 3. The molecule has 1 unspecified atom stereocenters. The minimum Gasteiger partial charge on any atom is -0.327 e. The van der Waals surface area contributed by atoms with Gasteiger partial charge in [-0.1, -0.05) is 43.7 Å². The Morgan fingerprint density at radius 3 is 2.37 bits per heavy atom. The highest BCUT2D eigenvalue weighted by atomic mass is 32.2. The monoisotopic (exact) mass is 434 g/mol. The molecule has 1 aromatic rings. The number of hydrogen-bond donors (Lipinski definition) is 0. The lowest BCUT2D eigenvalue weighted by atomic mass is 9.91. The smallest absolute Gasteiger partial charge is 0.282 e. The molecule has 4 aliphatic rings. The van der Waals surface area contributed by atoms with E-state index in [2.05, 4.69) is 19.1 Å². The predicted molar refractivity (Wildman–Crippen MR) is 116 cm³/mol. The molecule has 3 saturated heterocycles. The Labute approximate surface area is 180 Å². The minimum absolute atomic E-state index is 0.00741. The molecule has 2 atom stereocenters. The Bertz CT molecular complexity index is 808. The van der Waals surface area contributed by atoms with Gasteiger partial charge in [-0.2, -0.15) is 0 Å². The van der Waals surface area contributed by atoms with Gasteiger partial charge in [-0.25, -0.2) is 8.42 Å². The van der Waals surface area contributed by atoms with Crippen LogP contribution in [0.2, 0.25) is 0 Å². The molecule has 0 spiro atoms. The molecule has 2 bridgehead atoms. The SMILES string of the molecule is CC12COC(CCC/C=C\C[C@H]3CCCC3CS(=O)(=O)c3ccccc3)(OC1)OC2. The molecule has 1 aromatic carbocycles. The van der Waals surface area contributed by atoms with Gasteiger partial charge in [0.1, 0.15) is 0 Å². The van der Waals surface area contributed by atoms with Crippen LogP contribution < -0.4 is 0 Å². The van der Waals surface area contributed by atoms with E-state index >= 15 is 0 Å². The largest absolute Gasteiger partial charge is 0.327 e. The highest BCUT2D eigenvalue weighted by Gasteiger charge is 2.49. The van der Waals surface area contributed by atoms with E-state index in [1.807, 2.05) is 6.07 Å². The molecule has 5 nitrogen and oxygen atoms in total. The van der Waals surface area contributed by atoms with Crippen LogP contribution in [0.25, 0.3) is 0 Å². The van der Waals surface area contributed by atoms with Crippen molar-refractivity contribution in [1.29, 1.82) is 0 Å². The molecule has 0 aromatic heterocycles. The third-order valence-corrected chi connectivity index (χ3v) is 8.59. The zero-order valence-corrected chi connectivity index (χ0v) is 18.7. The third-order valence-electron chi connectivity index (χ3n) is 6.73. The normalized spacial score (nSPS) is 34.0. The molecule has 3 aliphatic heterocycles. The standard InChI is InChI=1S/C24H34O5S/c1-23-17-27-24(28-18-23,29-19-23)15-8-3-2-5-10-20-11-9-12-21(20)16-30(25,26)22-13-6-4-7-14-22/h2,4-7,13-14,20-21H,3,8-12,15-19H2,1H3/b5-2-/t20-,21?,23?,24?/m0/s1. The highest BCUT2D eigenvalue weighted by Crippen LogP contribution is 2.40. The molecular weight excluding hydrogens is 400 g/mol. The average molecular weight is 435 g/mol. The van der Waals surface area contributed by atoms with Gasteiger partial charge in [-0.15, -0.1) is 0 Å². The van der Waals surface area contributed by atoms with Crippen molar-refractivity contribution in [3.63, 3.8) is 0 Å². The van der Waals surface area contributed by atoms with Gasteiger partial charge in [0.05, 0.1) is 30.5 Å². The highest BCUT2D eigenvalue weighted by molar-refractivity contribution is 7.91. The number of fused-ring (bicyclic) bond motifs is 3. The Morgan fingerprint density at radius 1 is 1.00 bits per heavy atom. The van der Waals surface area contributed by atoms with Gasteiger partial charge < -0.3 is 14.2 Å². The van der Waals surface area contributed by atoms with E-state index < -0.39 is 15.8 Å². The van der Waals surface area contributed by atoms with Crippen LogP contribution in [0, 0.1) is 17.3 Å². The lowest BCUT2D eigenvalue weighted by Gasteiger charge is -2.50. The van der Waals surface area contributed by atoms with Gasteiger partial charge in [-0.3, -0.25) is 0 Å². The van der Waals surface area contributed by atoms with Crippen LogP contribution in [0.1, 0.15) is 51.9 Å². The summed E-state index contributed by atoms with van der Waals surface area (Å²) < 4.78 is 42.9. The summed E-state index contributed by atoms with van der Waals surface area (Å²) in [6, 6.07) is 8.85. The van der Waals surface area contributed by atoms with Gasteiger partial charge in [0.2, 0.25) is 0 Å². The van der Waals surface area contributed by atoms with Crippen molar-refractivity contribution in [2.45, 2.75) is 62.7 Å². The first-order valence-corrected chi connectivity index (χ1v) is 12.9. The Morgan fingerprint density at radius 2 is 1.67 bits per heavy atom. The minimum atomic E-state index is -3.20. The van der Waals surface area contributed by atoms with Crippen LogP contribution in [-0.2, 0) is 24.0 Å². The van der Waals surface area contributed by atoms with Crippen molar-refractivity contribution >= 4 is 9.84 Å². The second-order valence-corrected chi connectivity index (χ2v) is 11.5. The third kappa shape index (κ3) is 5.16. The molecule has 5 rings (SSSR count). The fourth-order valence-corrected chi connectivity index (χ4v) is 6.56. The van der Waals surface area contributed by atoms with E-state index in [1.54, 1.807) is 24.3 Å². The summed E-state index contributed by atoms with van der Waals surface area (Å²) in [5, 5.41) is 0. The summed E-state index contributed by atoms with van der Waals surface area (Å²) in [4.78, 5) is 0.447. The fraction of sp³-hybridized carbons (Fsp3) is 0.667. The van der Waals surface area contributed by atoms with E-state index in [-0.39, 0.29) is 17.1 Å². The number of hydrogen-bond acceptors (Lipinski definition) is 5. The topological polar surface area (TPSA) is 61.8 Å². The molecule has 0 amide bonds. The maximum atomic E-state index is 12.7. The molecule has 1 saturated carbocycles. The van der Waals surface area contributed by atoms with Crippen molar-refractivity contribution in [1.82, 2.24) is 0 Å². The van der Waals surface area contributed by atoms with Crippen molar-refractivity contribution in [2.24, 2.45) is 17.3 Å². The first-order valence-electron chi connectivity index (χ1n) is 11.2. The molecule has 4 fully saturated rings. The Hall–Kier alpha value is -1.21. The summed E-state index contributed by atoms with van der Waals surface area (Å²) in [5.74, 6) is 0.159. The van der Waals surface area contributed by atoms with E-state index in [0.29, 0.717) is 30.6 Å². The second-order valence-electron chi connectivity index (χ2n) is 9.50. The summed E-state index contributed by atoms with van der Waals surface area (Å²) in [6.07, 6.45) is 11.3. The Kier molecular flexibility index (Phi) is 6.68. The average Bonchev–Trinajstić information content (AvgIpc) is 3.18. The van der Waals surface area contributed by atoms with Crippen LogP contribution in [0.15, 0.2) is 47.4 Å². The first-order chi connectivity index (χ1) is 14.4. The predicted octanol–water partition coefficient (Wildman–Crippen LogP) is 4.73. The number of unbranched alkanes of at least 4 members (excludes halogenated alkanes) is 1. The van der Waals surface area contributed by atoms with Gasteiger partial charge in [0, 0.05) is 11.8 Å². The molecule has 3 heterocycles. The quantitative estimate of drug-likeness (QED) is 0.415. The fourth-order valence-electron chi connectivity index (χ4n) is 4.79. The summed E-state index contributed by atoms with van der Waals surface area (Å²) >= 11 is 0. The van der Waals surface area contributed by atoms with E-state index in [4.69, 9.17) is 14.2 Å². The first kappa shape index (κ1) is 22.0. The van der Waals surface area contributed by atoms with Crippen LogP contribution in [0.4, 0.5) is 0 Å². The zero-order chi connectivity index (χ0) is 21.1.